The van der Waals surface area contributed by atoms with Crippen LogP contribution in [0.5, 0.6) is 0 Å². The molecule has 1 aromatic carbocycles. The molecule has 3 atom stereocenters. The summed E-state index contributed by atoms with van der Waals surface area (Å²) in [6.07, 6.45) is 2.83. The Morgan fingerprint density at radius 2 is 1.86 bits per heavy atom. The minimum atomic E-state index is -0.680. The van der Waals surface area contributed by atoms with Gasteiger partial charge in [0.25, 0.3) is 0 Å². The Hall–Kier alpha value is -1.39. The lowest BCUT2D eigenvalue weighted by atomic mass is 9.75. The lowest BCUT2D eigenvalue weighted by molar-refractivity contribution is -0.137. The molecular formula is C18H24N2O2. The minimum Gasteiger partial charge on any atom is -0.481 e. The number of fused-ring (bicyclic) bond motifs is 2. The number of piperidine rings is 3. The van der Waals surface area contributed by atoms with Gasteiger partial charge in [0.15, 0.2) is 0 Å². The van der Waals surface area contributed by atoms with Crippen molar-refractivity contribution in [3.8, 4) is 0 Å². The number of carboxylic acid groups (broad SMARTS) is 1. The number of hydrogen-bond donors (Lipinski definition) is 1. The van der Waals surface area contributed by atoms with E-state index >= 15 is 0 Å². The van der Waals surface area contributed by atoms with Crippen molar-refractivity contribution in [2.45, 2.75) is 37.3 Å². The fraction of sp³-hybridized carbons (Fsp3) is 0.611. The normalized spacial score (nSPS) is 37.2. The number of hydrogen-bond acceptors (Lipinski definition) is 3. The molecule has 0 saturated carbocycles. The van der Waals surface area contributed by atoms with Gasteiger partial charge in [-0.05, 0) is 37.4 Å². The van der Waals surface area contributed by atoms with Crippen LogP contribution in [0, 0.1) is 5.92 Å². The van der Waals surface area contributed by atoms with Crippen molar-refractivity contribution in [2.75, 3.05) is 26.2 Å². The molecule has 22 heavy (non-hydrogen) atoms. The molecule has 4 fully saturated rings. The van der Waals surface area contributed by atoms with Crippen molar-refractivity contribution in [1.82, 2.24) is 9.80 Å². The van der Waals surface area contributed by atoms with Crippen molar-refractivity contribution in [1.29, 1.82) is 0 Å². The van der Waals surface area contributed by atoms with Gasteiger partial charge in [-0.25, -0.2) is 0 Å². The Morgan fingerprint density at radius 3 is 2.55 bits per heavy atom. The van der Waals surface area contributed by atoms with Gasteiger partial charge in [0.1, 0.15) is 0 Å². The van der Waals surface area contributed by atoms with E-state index in [-0.39, 0.29) is 6.42 Å². The summed E-state index contributed by atoms with van der Waals surface area (Å²) in [5.74, 6) is 0.613. The smallest absolute Gasteiger partial charge is 0.304 e. The molecule has 4 heteroatoms. The molecule has 0 unspecified atom stereocenters. The van der Waals surface area contributed by atoms with Crippen molar-refractivity contribution in [3.05, 3.63) is 35.9 Å². The lowest BCUT2D eigenvalue weighted by Gasteiger charge is -2.51. The van der Waals surface area contributed by atoms with E-state index in [2.05, 4.69) is 40.1 Å². The summed E-state index contributed by atoms with van der Waals surface area (Å²) in [5.41, 5.74) is 1.42. The molecule has 4 heterocycles. The van der Waals surface area contributed by atoms with Crippen molar-refractivity contribution in [2.24, 2.45) is 5.92 Å². The van der Waals surface area contributed by atoms with Gasteiger partial charge >= 0.3 is 5.97 Å². The number of carbonyl (C=O) groups is 1. The first kappa shape index (κ1) is 14.2. The first-order valence-electron chi connectivity index (χ1n) is 8.49. The third kappa shape index (κ3) is 2.34. The van der Waals surface area contributed by atoms with Crippen LogP contribution in [0.25, 0.3) is 0 Å². The molecule has 0 radical (unpaired) electrons. The topological polar surface area (TPSA) is 43.8 Å². The van der Waals surface area contributed by atoms with Crippen molar-refractivity contribution in [3.63, 3.8) is 0 Å². The fourth-order valence-corrected chi connectivity index (χ4v) is 5.03. The van der Waals surface area contributed by atoms with Gasteiger partial charge in [-0.3, -0.25) is 14.6 Å². The van der Waals surface area contributed by atoms with Gasteiger partial charge in [-0.2, -0.15) is 0 Å². The maximum Gasteiger partial charge on any atom is 0.304 e. The fourth-order valence-electron chi connectivity index (χ4n) is 5.03. The van der Waals surface area contributed by atoms with Crippen LogP contribution in [0.4, 0.5) is 0 Å². The van der Waals surface area contributed by atoms with Crippen LogP contribution in [0.3, 0.4) is 0 Å². The summed E-state index contributed by atoms with van der Waals surface area (Å²) in [7, 11) is 0. The number of aliphatic carboxylic acids is 1. The zero-order chi connectivity index (χ0) is 15.1. The lowest BCUT2D eigenvalue weighted by Crippen LogP contribution is -2.60. The molecule has 0 spiro atoms. The van der Waals surface area contributed by atoms with E-state index in [9.17, 15) is 4.79 Å². The van der Waals surface area contributed by atoms with Gasteiger partial charge in [0.2, 0.25) is 0 Å². The van der Waals surface area contributed by atoms with Crippen molar-refractivity contribution < 1.29 is 9.90 Å². The summed E-state index contributed by atoms with van der Waals surface area (Å²) < 4.78 is 0. The van der Waals surface area contributed by atoms with E-state index in [4.69, 9.17) is 5.11 Å². The average molecular weight is 300 g/mol. The van der Waals surface area contributed by atoms with Crippen LogP contribution in [-0.2, 0) is 4.79 Å². The highest BCUT2D eigenvalue weighted by Crippen LogP contribution is 2.46. The van der Waals surface area contributed by atoms with Crippen LogP contribution < -0.4 is 0 Å². The second kappa shape index (κ2) is 5.67. The highest BCUT2D eigenvalue weighted by molar-refractivity contribution is 5.66. The molecule has 118 valence electrons. The second-order valence-corrected chi connectivity index (χ2v) is 7.01. The first-order valence-corrected chi connectivity index (χ1v) is 8.49. The Bertz CT molecular complexity index is 539. The van der Waals surface area contributed by atoms with E-state index < -0.39 is 5.97 Å². The predicted octanol–water partition coefficient (Wildman–Crippen LogP) is 2.02. The molecule has 4 aliphatic heterocycles. The van der Waals surface area contributed by atoms with Gasteiger partial charge in [0, 0.05) is 31.1 Å². The number of nitrogens with zero attached hydrogens (tertiary/aromatic N) is 2. The van der Waals surface area contributed by atoms with Gasteiger partial charge in [-0.15, -0.1) is 0 Å². The standard InChI is InChI=1S/C18H24N2O2/c21-16(22)8-11-20-12-15(13-4-2-1-3-5-13)18-17(20)14-6-9-19(18)10-7-14/h1-5,14-15,17-18H,6-12H2,(H,21,22)/t15-,17-,18-/m1/s1. The highest BCUT2D eigenvalue weighted by Gasteiger charge is 2.52. The average Bonchev–Trinajstić information content (AvgIpc) is 2.97. The summed E-state index contributed by atoms with van der Waals surface area (Å²) in [6.45, 7) is 4.16. The number of benzene rings is 1. The second-order valence-electron chi connectivity index (χ2n) is 7.01. The van der Waals surface area contributed by atoms with E-state index in [1.807, 2.05) is 0 Å². The zero-order valence-corrected chi connectivity index (χ0v) is 12.9. The maximum absolute atomic E-state index is 11.0. The Balaban J connectivity index is 1.62. The van der Waals surface area contributed by atoms with Crippen LogP contribution in [0.1, 0.15) is 30.7 Å². The summed E-state index contributed by atoms with van der Waals surface area (Å²) >= 11 is 0. The number of rotatable bonds is 4. The van der Waals surface area contributed by atoms with Gasteiger partial charge in [-0.1, -0.05) is 30.3 Å². The maximum atomic E-state index is 11.0. The molecular weight excluding hydrogens is 276 g/mol. The Morgan fingerprint density at radius 1 is 1.14 bits per heavy atom. The van der Waals surface area contributed by atoms with Crippen LogP contribution >= 0.6 is 0 Å². The third-order valence-electron chi connectivity index (χ3n) is 5.93. The van der Waals surface area contributed by atoms with E-state index in [1.54, 1.807) is 0 Å². The quantitative estimate of drug-likeness (QED) is 0.924. The summed E-state index contributed by atoms with van der Waals surface area (Å²) in [5, 5.41) is 9.05. The van der Waals surface area contributed by atoms with Crippen LogP contribution in [-0.4, -0.2) is 59.1 Å². The third-order valence-corrected chi connectivity index (χ3v) is 5.93. The molecule has 4 aliphatic rings. The zero-order valence-electron chi connectivity index (χ0n) is 12.9. The van der Waals surface area contributed by atoms with Crippen LogP contribution in [0.2, 0.25) is 0 Å². The minimum absolute atomic E-state index is 0.261. The monoisotopic (exact) mass is 300 g/mol. The SMILES string of the molecule is O=C(O)CCN1C[C@H](c2ccccc2)[C@@H]2[C@H]1C1CCN2CC1. The highest BCUT2D eigenvalue weighted by atomic mass is 16.4. The summed E-state index contributed by atoms with van der Waals surface area (Å²) in [4.78, 5) is 16.1. The van der Waals surface area contributed by atoms with Gasteiger partial charge < -0.3 is 5.11 Å². The van der Waals surface area contributed by atoms with Gasteiger partial charge in [0.05, 0.1) is 6.42 Å². The molecule has 1 aromatic rings. The van der Waals surface area contributed by atoms with E-state index in [0.29, 0.717) is 24.5 Å². The van der Waals surface area contributed by atoms with Crippen molar-refractivity contribution >= 4 is 5.97 Å². The first-order chi connectivity index (χ1) is 10.7. The Kier molecular flexibility index (Phi) is 3.66. The van der Waals surface area contributed by atoms with E-state index in [0.717, 1.165) is 12.5 Å². The molecule has 4 saturated heterocycles. The molecule has 5 rings (SSSR count). The Labute approximate surface area is 131 Å². The molecule has 0 amide bonds. The van der Waals surface area contributed by atoms with E-state index in [1.165, 1.54) is 31.5 Å². The number of likely N-dealkylation sites (tertiary alicyclic amines) is 1. The summed E-state index contributed by atoms with van der Waals surface area (Å²) in [6, 6.07) is 12.0. The molecule has 0 aromatic heterocycles. The molecule has 4 nitrogen and oxygen atoms in total. The predicted molar refractivity (Wildman–Crippen MR) is 84.9 cm³/mol. The number of carboxylic acids is 1. The molecule has 0 aliphatic carbocycles. The molecule has 1 N–H and O–H groups in total. The molecule has 2 bridgehead atoms. The largest absolute Gasteiger partial charge is 0.481 e. The van der Waals surface area contributed by atoms with Crippen LogP contribution in [0.15, 0.2) is 30.3 Å².